The second-order valence-corrected chi connectivity index (χ2v) is 16.4. The fraction of sp³-hybridized carbons (Fsp3) is 0.556. The molecule has 4 aromatic carbocycles. The summed E-state index contributed by atoms with van der Waals surface area (Å²) in [6.45, 7) is 15.7. The van der Waals surface area contributed by atoms with E-state index in [0.29, 0.717) is 5.39 Å². The minimum Gasteiger partial charge on any atom is -0.507 e. The summed E-state index contributed by atoms with van der Waals surface area (Å²) in [5, 5.41) is 21.7. The Morgan fingerprint density at radius 2 is 1.02 bits per heavy atom. The third-order valence-corrected chi connectivity index (χ3v) is 11.5. The fourth-order valence-corrected chi connectivity index (χ4v) is 7.89. The summed E-state index contributed by atoms with van der Waals surface area (Å²) in [7, 11) is 0. The maximum atomic E-state index is 10.1. The van der Waals surface area contributed by atoms with Gasteiger partial charge < -0.3 is 10.2 Å². The summed E-state index contributed by atoms with van der Waals surface area (Å²) in [6, 6.07) is 21.1. The van der Waals surface area contributed by atoms with Crippen molar-refractivity contribution >= 4 is 34.1 Å². The Balaban J connectivity index is 0.000000375. The molecule has 0 atom stereocenters. The number of fused-ring (bicyclic) bond motifs is 1. The molecule has 0 fully saturated rings. The van der Waals surface area contributed by atoms with E-state index in [9.17, 15) is 10.2 Å². The van der Waals surface area contributed by atoms with Crippen molar-refractivity contribution in [3.63, 3.8) is 0 Å². The maximum absolute atomic E-state index is 10.1. The van der Waals surface area contributed by atoms with Gasteiger partial charge in [0.2, 0.25) is 0 Å². The van der Waals surface area contributed by atoms with E-state index in [-0.39, 0.29) is 11.5 Å². The summed E-state index contributed by atoms with van der Waals surface area (Å²) < 4.78 is 0. The fourth-order valence-electron chi connectivity index (χ4n) is 7.89. The van der Waals surface area contributed by atoms with Crippen LogP contribution in [0.3, 0.4) is 0 Å². The Kier molecular flexibility index (Phi) is 23.8. The van der Waals surface area contributed by atoms with Crippen LogP contribution in [0.5, 0.6) is 11.5 Å². The molecule has 0 aromatic heterocycles. The first-order valence-corrected chi connectivity index (χ1v) is 23.6. The molecule has 0 saturated carbocycles. The lowest BCUT2D eigenvalue weighted by Crippen LogP contribution is -2.01. The number of aromatic hydroxyl groups is 2. The van der Waals surface area contributed by atoms with Gasteiger partial charge in [-0.3, -0.25) is 9.98 Å². The molecule has 4 heteroatoms. The number of nitrogens with zero attached hydrogens (tertiary/aromatic N) is 2. The van der Waals surface area contributed by atoms with Gasteiger partial charge in [0, 0.05) is 6.21 Å². The molecule has 0 radical (unpaired) electrons. The zero-order chi connectivity index (χ0) is 42.0. The summed E-state index contributed by atoms with van der Waals surface area (Å²) in [5.74, 6) is 0.352. The minimum absolute atomic E-state index is 0.164. The van der Waals surface area contributed by atoms with Crippen molar-refractivity contribution < 1.29 is 10.2 Å². The van der Waals surface area contributed by atoms with Crippen LogP contribution in [-0.4, -0.2) is 22.1 Å². The lowest BCUT2D eigenvalue weighted by atomic mass is 9.92. The van der Waals surface area contributed by atoms with Crippen molar-refractivity contribution in [3.05, 3.63) is 94.0 Å². The van der Waals surface area contributed by atoms with Gasteiger partial charge in [0.25, 0.3) is 0 Å². The topological polar surface area (TPSA) is 65.2 Å². The lowest BCUT2D eigenvalue weighted by molar-refractivity contribution is 0.463. The highest BCUT2D eigenvalue weighted by Gasteiger charge is 2.13. The summed E-state index contributed by atoms with van der Waals surface area (Å²) in [4.78, 5) is 10.1. The second-order valence-electron chi connectivity index (χ2n) is 16.4. The van der Waals surface area contributed by atoms with Gasteiger partial charge >= 0.3 is 0 Å². The van der Waals surface area contributed by atoms with E-state index >= 15 is 0 Å². The number of hydrogen-bond donors (Lipinski definition) is 2. The number of phenols is 2. The van der Waals surface area contributed by atoms with Crippen LogP contribution in [0, 0.1) is 0 Å². The van der Waals surface area contributed by atoms with Crippen LogP contribution in [0.25, 0.3) is 10.8 Å². The van der Waals surface area contributed by atoms with Crippen molar-refractivity contribution in [1.82, 2.24) is 0 Å². The van der Waals surface area contributed by atoms with Crippen LogP contribution in [0.15, 0.2) is 70.6 Å². The molecule has 0 unspecified atom stereocenters. The highest BCUT2D eigenvalue weighted by molar-refractivity contribution is 6.31. The number of hydrogen-bond acceptors (Lipinski definition) is 4. The molecule has 0 aliphatic heterocycles. The lowest BCUT2D eigenvalue weighted by Gasteiger charge is -2.14. The maximum Gasteiger partial charge on any atom is 0.127 e. The second kappa shape index (κ2) is 28.5. The molecule has 0 aliphatic carbocycles. The van der Waals surface area contributed by atoms with Crippen molar-refractivity contribution in [2.45, 2.75) is 196 Å². The Hall–Kier alpha value is -3.92. The first kappa shape index (κ1) is 48.4. The van der Waals surface area contributed by atoms with Gasteiger partial charge in [-0.15, -0.1) is 0 Å². The number of benzene rings is 4. The average molecular weight is 789 g/mol. The molecule has 4 nitrogen and oxygen atoms in total. The van der Waals surface area contributed by atoms with Crippen LogP contribution in [-0.2, 0) is 38.5 Å². The molecule has 4 rings (SSSR count). The van der Waals surface area contributed by atoms with Gasteiger partial charge in [-0.25, -0.2) is 0 Å². The zero-order valence-corrected chi connectivity index (χ0v) is 37.9. The molecule has 0 saturated heterocycles. The van der Waals surface area contributed by atoms with Crippen LogP contribution in [0.1, 0.15) is 191 Å². The van der Waals surface area contributed by atoms with Crippen LogP contribution < -0.4 is 0 Å². The van der Waals surface area contributed by atoms with Crippen molar-refractivity contribution in [2.75, 3.05) is 0 Å². The molecule has 2 N–H and O–H groups in total. The summed E-state index contributed by atoms with van der Waals surface area (Å²) >= 11 is 0. The minimum atomic E-state index is 0.164. The van der Waals surface area contributed by atoms with Crippen molar-refractivity contribution in [1.29, 1.82) is 0 Å². The SMILES string of the molecule is CCCCCCC(C=Nc1ccc(CCCC)c(CCCC)c1)=Nc1ccc(CCCC)c(CCCC)c1.CCCCCCc1c(CC)cc(O)c2c(O)cccc12. The normalized spacial score (nSPS) is 11.7. The predicted octanol–water partition coefficient (Wildman–Crippen LogP) is 16.4. The van der Waals surface area contributed by atoms with E-state index in [2.05, 4.69) is 84.9 Å². The van der Waals surface area contributed by atoms with Crippen LogP contribution >= 0.6 is 0 Å². The van der Waals surface area contributed by atoms with Gasteiger partial charge in [0.05, 0.1) is 22.5 Å². The molecule has 0 heterocycles. The molecule has 58 heavy (non-hydrogen) atoms. The summed E-state index contributed by atoms with van der Waals surface area (Å²) in [5.41, 5.74) is 11.7. The first-order chi connectivity index (χ1) is 28.3. The van der Waals surface area contributed by atoms with Gasteiger partial charge in [-0.05, 0) is 159 Å². The van der Waals surface area contributed by atoms with Gasteiger partial charge in [-0.1, -0.05) is 137 Å². The molecular formula is C54H80N2O2. The average Bonchev–Trinajstić information content (AvgIpc) is 3.24. The quantitative estimate of drug-likeness (QED) is 0.0492. The third kappa shape index (κ3) is 16.4. The highest BCUT2D eigenvalue weighted by atomic mass is 16.3. The predicted molar refractivity (Wildman–Crippen MR) is 256 cm³/mol. The third-order valence-electron chi connectivity index (χ3n) is 11.5. The molecule has 0 spiro atoms. The monoisotopic (exact) mass is 789 g/mol. The molecule has 318 valence electrons. The number of aryl methyl sites for hydroxylation is 6. The van der Waals surface area contributed by atoms with E-state index in [4.69, 9.17) is 9.98 Å². The number of phenolic OH excluding ortho intramolecular Hbond substituents is 2. The number of rotatable bonds is 26. The van der Waals surface area contributed by atoms with E-state index in [1.807, 2.05) is 24.4 Å². The van der Waals surface area contributed by atoms with Crippen LogP contribution in [0.4, 0.5) is 11.4 Å². The zero-order valence-electron chi connectivity index (χ0n) is 37.9. The van der Waals surface area contributed by atoms with E-state index in [1.54, 1.807) is 6.07 Å². The van der Waals surface area contributed by atoms with Gasteiger partial charge in [0.15, 0.2) is 0 Å². The van der Waals surface area contributed by atoms with E-state index in [1.165, 1.54) is 143 Å². The van der Waals surface area contributed by atoms with Gasteiger partial charge in [-0.2, -0.15) is 0 Å². The van der Waals surface area contributed by atoms with E-state index < -0.39 is 0 Å². The Bertz CT molecular complexity index is 1820. The molecule has 0 amide bonds. The standard InChI is InChI=1S/C36H56N2.C18H24O2/c1-6-11-16-17-22-36(38-35-26-24-31(19-13-8-3)33(28-35)21-15-10-5)29-37-34-25-23-30(18-12-7-2)32(27-34)20-14-9-4;1-3-5-6-7-9-14-13(4-2)12-17(20)18-15(14)10-8-11-16(18)19/h23-29H,6-22H2,1-5H3;8,10-12,19-20H,3-7,9H2,1-2H3. The molecular weight excluding hydrogens is 709 g/mol. The van der Waals surface area contributed by atoms with Crippen molar-refractivity contribution in [2.24, 2.45) is 9.98 Å². The highest BCUT2D eigenvalue weighted by Crippen LogP contribution is 2.37. The Morgan fingerprint density at radius 1 is 0.483 bits per heavy atom. The van der Waals surface area contributed by atoms with Gasteiger partial charge in [0.1, 0.15) is 11.5 Å². The molecule has 0 bridgehead atoms. The summed E-state index contributed by atoms with van der Waals surface area (Å²) in [6.07, 6.45) is 29.4. The smallest absolute Gasteiger partial charge is 0.127 e. The first-order valence-electron chi connectivity index (χ1n) is 23.6. The molecule has 0 aliphatic rings. The number of unbranched alkanes of at least 4 members (excludes halogenated alkanes) is 10. The largest absolute Gasteiger partial charge is 0.507 e. The Morgan fingerprint density at radius 3 is 1.59 bits per heavy atom. The van der Waals surface area contributed by atoms with E-state index in [0.717, 1.165) is 61.0 Å². The van der Waals surface area contributed by atoms with Crippen molar-refractivity contribution in [3.8, 4) is 11.5 Å². The van der Waals surface area contributed by atoms with Crippen LogP contribution in [0.2, 0.25) is 0 Å². The Labute approximate surface area is 354 Å². The number of aliphatic imine (C=N–C) groups is 2. The molecule has 4 aromatic rings.